The number of nitrogens with zero attached hydrogens (tertiary/aromatic N) is 2. The molecular formula is C19H24N2O3. The molecule has 3 atom stereocenters. The van der Waals surface area contributed by atoms with Crippen LogP contribution in [-0.4, -0.2) is 29.5 Å². The lowest BCUT2D eigenvalue weighted by atomic mass is 9.81. The first-order valence-electron chi connectivity index (χ1n) is 8.68. The predicted molar refractivity (Wildman–Crippen MR) is 88.8 cm³/mol. The molecule has 1 saturated heterocycles. The first kappa shape index (κ1) is 15.8. The van der Waals surface area contributed by atoms with Gasteiger partial charge in [0.05, 0.1) is 18.6 Å². The van der Waals surface area contributed by atoms with E-state index < -0.39 is 0 Å². The molecule has 1 aromatic carbocycles. The smallest absolute Gasteiger partial charge is 0.260 e. The number of hydrogen-bond acceptors (Lipinski definition) is 5. The van der Waals surface area contributed by atoms with Crippen molar-refractivity contribution in [2.45, 2.75) is 51.7 Å². The summed E-state index contributed by atoms with van der Waals surface area (Å²) >= 11 is 0. The Morgan fingerprint density at radius 1 is 1.08 bits per heavy atom. The summed E-state index contributed by atoms with van der Waals surface area (Å²) in [5.41, 5.74) is 2.48. The normalized spacial score (nSPS) is 27.2. The zero-order chi connectivity index (χ0) is 16.7. The molecule has 2 aliphatic rings. The van der Waals surface area contributed by atoms with Gasteiger partial charge in [0.1, 0.15) is 0 Å². The summed E-state index contributed by atoms with van der Waals surface area (Å²) in [4.78, 5) is 4.70. The standard InChI is InChI=1S/C19H24N2O3/c1-19(2,3)16-14(9-11-23-16)17-20-18(24-21-17)15-13-7-5-4-6-12(13)8-10-22-15/h4-7,14-16H,8-11H2,1-3H3/t14-,15?,16-/m1/s1. The predicted octanol–water partition coefficient (Wildman–Crippen LogP) is 3.65. The SMILES string of the molecule is CC(C)(C)[C@@H]1OCC[C@H]1c1noc(C2OCCc3ccccc32)n1. The Bertz CT molecular complexity index is 719. The third kappa shape index (κ3) is 2.76. The van der Waals surface area contributed by atoms with Crippen LogP contribution in [0.3, 0.4) is 0 Å². The Morgan fingerprint density at radius 3 is 2.75 bits per heavy atom. The second-order valence-corrected chi connectivity index (χ2v) is 7.74. The summed E-state index contributed by atoms with van der Waals surface area (Å²) in [6.45, 7) is 8.00. The van der Waals surface area contributed by atoms with Crippen molar-refractivity contribution in [3.05, 3.63) is 47.1 Å². The van der Waals surface area contributed by atoms with Gasteiger partial charge < -0.3 is 14.0 Å². The summed E-state index contributed by atoms with van der Waals surface area (Å²) in [6, 6.07) is 8.31. The molecule has 0 N–H and O–H groups in total. The van der Waals surface area contributed by atoms with E-state index in [0.29, 0.717) is 12.5 Å². The maximum atomic E-state index is 5.94. The number of ether oxygens (including phenoxy) is 2. The monoisotopic (exact) mass is 328 g/mol. The van der Waals surface area contributed by atoms with Crippen LogP contribution in [0.1, 0.15) is 62.1 Å². The van der Waals surface area contributed by atoms with Crippen LogP contribution in [0.4, 0.5) is 0 Å². The van der Waals surface area contributed by atoms with Crippen molar-refractivity contribution in [1.82, 2.24) is 10.1 Å². The fraction of sp³-hybridized carbons (Fsp3) is 0.579. The quantitative estimate of drug-likeness (QED) is 0.842. The molecule has 1 aromatic heterocycles. The van der Waals surface area contributed by atoms with Gasteiger partial charge in [0.25, 0.3) is 5.89 Å². The van der Waals surface area contributed by atoms with E-state index in [9.17, 15) is 0 Å². The first-order chi connectivity index (χ1) is 11.5. The number of rotatable bonds is 2. The molecular weight excluding hydrogens is 304 g/mol. The summed E-state index contributed by atoms with van der Waals surface area (Å²) < 4.78 is 17.5. The zero-order valence-corrected chi connectivity index (χ0v) is 14.5. The summed E-state index contributed by atoms with van der Waals surface area (Å²) in [5, 5.41) is 4.26. The van der Waals surface area contributed by atoms with Crippen molar-refractivity contribution in [1.29, 1.82) is 0 Å². The minimum atomic E-state index is -0.258. The van der Waals surface area contributed by atoms with Crippen LogP contribution in [0.15, 0.2) is 28.8 Å². The van der Waals surface area contributed by atoms with Crippen LogP contribution in [0.5, 0.6) is 0 Å². The Kier molecular flexibility index (Phi) is 3.93. The molecule has 1 unspecified atom stereocenters. The van der Waals surface area contributed by atoms with Crippen LogP contribution in [-0.2, 0) is 15.9 Å². The van der Waals surface area contributed by atoms with Crippen molar-refractivity contribution < 1.29 is 14.0 Å². The number of hydrogen-bond donors (Lipinski definition) is 0. The molecule has 0 aliphatic carbocycles. The molecule has 5 heteroatoms. The highest BCUT2D eigenvalue weighted by Gasteiger charge is 2.41. The van der Waals surface area contributed by atoms with Gasteiger partial charge in [0, 0.05) is 6.61 Å². The number of fused-ring (bicyclic) bond motifs is 1. The number of benzene rings is 1. The third-order valence-corrected chi connectivity index (χ3v) is 4.95. The van der Waals surface area contributed by atoms with E-state index in [-0.39, 0.29) is 23.5 Å². The Morgan fingerprint density at radius 2 is 1.92 bits per heavy atom. The van der Waals surface area contributed by atoms with E-state index in [1.54, 1.807) is 0 Å². The Hall–Kier alpha value is -1.72. The van der Waals surface area contributed by atoms with Gasteiger partial charge in [-0.2, -0.15) is 4.98 Å². The average Bonchev–Trinajstić information content (AvgIpc) is 3.22. The van der Waals surface area contributed by atoms with E-state index in [1.165, 1.54) is 5.56 Å². The van der Waals surface area contributed by atoms with Crippen molar-refractivity contribution in [3.63, 3.8) is 0 Å². The molecule has 2 aliphatic heterocycles. The van der Waals surface area contributed by atoms with Crippen LogP contribution < -0.4 is 0 Å². The van der Waals surface area contributed by atoms with Gasteiger partial charge in [0.2, 0.25) is 0 Å². The lowest BCUT2D eigenvalue weighted by Crippen LogP contribution is -2.30. The largest absolute Gasteiger partial charge is 0.377 e. The Labute approximate surface area is 142 Å². The van der Waals surface area contributed by atoms with Gasteiger partial charge in [-0.25, -0.2) is 0 Å². The van der Waals surface area contributed by atoms with E-state index in [4.69, 9.17) is 19.0 Å². The van der Waals surface area contributed by atoms with Crippen molar-refractivity contribution in [2.75, 3.05) is 13.2 Å². The molecule has 5 nitrogen and oxygen atoms in total. The maximum absolute atomic E-state index is 5.94. The molecule has 0 saturated carbocycles. The highest BCUT2D eigenvalue weighted by atomic mass is 16.5. The van der Waals surface area contributed by atoms with Crippen LogP contribution in [0.2, 0.25) is 0 Å². The molecule has 0 spiro atoms. The minimum Gasteiger partial charge on any atom is -0.377 e. The minimum absolute atomic E-state index is 0.0515. The highest BCUT2D eigenvalue weighted by molar-refractivity contribution is 5.33. The maximum Gasteiger partial charge on any atom is 0.260 e. The molecule has 128 valence electrons. The van der Waals surface area contributed by atoms with Crippen molar-refractivity contribution in [2.24, 2.45) is 5.41 Å². The fourth-order valence-corrected chi connectivity index (χ4v) is 3.81. The van der Waals surface area contributed by atoms with Gasteiger partial charge in [-0.1, -0.05) is 50.2 Å². The average molecular weight is 328 g/mol. The zero-order valence-electron chi connectivity index (χ0n) is 14.5. The van der Waals surface area contributed by atoms with E-state index >= 15 is 0 Å². The molecule has 3 heterocycles. The van der Waals surface area contributed by atoms with E-state index in [1.807, 2.05) is 6.07 Å². The Balaban J connectivity index is 1.62. The lowest BCUT2D eigenvalue weighted by molar-refractivity contribution is 0.0193. The second kappa shape index (κ2) is 5.97. The van der Waals surface area contributed by atoms with Crippen LogP contribution in [0, 0.1) is 5.41 Å². The van der Waals surface area contributed by atoms with Gasteiger partial charge in [-0.15, -0.1) is 0 Å². The molecule has 24 heavy (non-hydrogen) atoms. The molecule has 2 aromatic rings. The van der Waals surface area contributed by atoms with Crippen molar-refractivity contribution >= 4 is 0 Å². The van der Waals surface area contributed by atoms with Gasteiger partial charge in [-0.05, 0) is 29.4 Å². The molecule has 0 amide bonds. The summed E-state index contributed by atoms with van der Waals surface area (Å²) in [5.74, 6) is 1.48. The highest BCUT2D eigenvalue weighted by Crippen LogP contribution is 2.40. The van der Waals surface area contributed by atoms with Gasteiger partial charge in [0.15, 0.2) is 11.9 Å². The third-order valence-electron chi connectivity index (χ3n) is 4.95. The summed E-state index contributed by atoms with van der Waals surface area (Å²) in [7, 11) is 0. The van der Waals surface area contributed by atoms with Gasteiger partial charge >= 0.3 is 0 Å². The molecule has 0 bridgehead atoms. The second-order valence-electron chi connectivity index (χ2n) is 7.74. The first-order valence-corrected chi connectivity index (χ1v) is 8.68. The van der Waals surface area contributed by atoms with Crippen molar-refractivity contribution in [3.8, 4) is 0 Å². The number of aromatic nitrogens is 2. The molecule has 0 radical (unpaired) electrons. The van der Waals surface area contributed by atoms with Crippen LogP contribution >= 0.6 is 0 Å². The lowest BCUT2D eigenvalue weighted by Gasteiger charge is -2.29. The van der Waals surface area contributed by atoms with E-state index in [0.717, 1.165) is 30.8 Å². The van der Waals surface area contributed by atoms with E-state index in [2.05, 4.69) is 44.1 Å². The fourth-order valence-electron chi connectivity index (χ4n) is 3.81. The summed E-state index contributed by atoms with van der Waals surface area (Å²) in [6.07, 6.45) is 1.72. The van der Waals surface area contributed by atoms with Gasteiger partial charge in [-0.3, -0.25) is 0 Å². The molecule has 1 fully saturated rings. The van der Waals surface area contributed by atoms with Crippen LogP contribution in [0.25, 0.3) is 0 Å². The molecule has 4 rings (SSSR count). The topological polar surface area (TPSA) is 57.4 Å².